The smallest absolute Gasteiger partial charge is 0.206 e. The third-order valence-corrected chi connectivity index (χ3v) is 5.97. The van der Waals surface area contributed by atoms with Crippen LogP contribution in [-0.2, 0) is 16.6 Å². The van der Waals surface area contributed by atoms with Gasteiger partial charge in [0.2, 0.25) is 0 Å². The number of rotatable bonds is 4. The second-order valence-electron chi connectivity index (χ2n) is 3.10. The molecule has 0 aliphatic heterocycles. The normalized spacial score (nSPS) is 11.6. The van der Waals surface area contributed by atoms with Crippen LogP contribution in [0.4, 0.5) is 0 Å². The van der Waals surface area contributed by atoms with E-state index in [4.69, 9.17) is 0 Å². The number of sulfonamides is 1. The summed E-state index contributed by atoms with van der Waals surface area (Å²) < 4.78 is 27.1. The molecule has 0 aromatic carbocycles. The summed E-state index contributed by atoms with van der Waals surface area (Å²) >= 11 is 4.35. The van der Waals surface area contributed by atoms with Crippen molar-refractivity contribution in [1.29, 1.82) is 0 Å². The molecule has 90 valence electrons. The monoisotopic (exact) mass is 333 g/mol. The topological polar surface area (TPSA) is 72.0 Å². The van der Waals surface area contributed by atoms with Gasteiger partial charge in [0.25, 0.3) is 10.0 Å². The second kappa shape index (κ2) is 5.21. The van der Waals surface area contributed by atoms with Crippen molar-refractivity contribution in [3.63, 3.8) is 0 Å². The molecule has 2 heterocycles. The maximum absolute atomic E-state index is 11.9. The predicted octanol–water partition coefficient (Wildman–Crippen LogP) is 1.78. The van der Waals surface area contributed by atoms with Crippen molar-refractivity contribution in [2.75, 3.05) is 0 Å². The summed E-state index contributed by atoms with van der Waals surface area (Å²) in [6, 6.07) is 5.11. The van der Waals surface area contributed by atoms with Crippen LogP contribution in [0.5, 0.6) is 0 Å². The van der Waals surface area contributed by atoms with Gasteiger partial charge in [-0.05, 0) is 39.5 Å². The molecule has 0 amide bonds. The highest BCUT2D eigenvalue weighted by atomic mass is 79.9. The highest BCUT2D eigenvalue weighted by molar-refractivity contribution is 9.10. The van der Waals surface area contributed by atoms with Crippen molar-refractivity contribution >= 4 is 37.3 Å². The van der Waals surface area contributed by atoms with Gasteiger partial charge < -0.3 is 0 Å². The Morgan fingerprint density at radius 2 is 2.24 bits per heavy atom. The Morgan fingerprint density at radius 3 is 2.82 bits per heavy atom. The summed E-state index contributed by atoms with van der Waals surface area (Å²) in [5.74, 6) is 0. The Labute approximate surface area is 111 Å². The third kappa shape index (κ3) is 3.09. The van der Waals surface area contributed by atoms with Crippen molar-refractivity contribution in [2.24, 2.45) is 0 Å². The van der Waals surface area contributed by atoms with E-state index in [1.54, 1.807) is 23.6 Å². The molecule has 0 radical (unpaired) electrons. The highest BCUT2D eigenvalue weighted by Crippen LogP contribution is 2.27. The fraction of sp³-hybridized carbons (Fsp3) is 0.111. The van der Waals surface area contributed by atoms with E-state index in [1.807, 2.05) is 0 Å². The van der Waals surface area contributed by atoms with Crippen LogP contribution in [0.15, 0.2) is 38.5 Å². The molecule has 17 heavy (non-hydrogen) atoms. The van der Waals surface area contributed by atoms with Gasteiger partial charge >= 0.3 is 0 Å². The van der Waals surface area contributed by atoms with Crippen molar-refractivity contribution in [3.8, 4) is 0 Å². The molecule has 0 saturated carbocycles. The number of thiophene rings is 1. The second-order valence-corrected chi connectivity index (χ2v) is 6.83. The fourth-order valence-electron chi connectivity index (χ4n) is 1.13. The molecule has 5 nitrogen and oxygen atoms in total. The standard InChI is InChI=1S/C9H8BrN3O2S2/c10-8-3-5-16-9(8)17(14,15)12-6-7-2-1-4-11-13-7/h1-5,12H,6H2. The zero-order valence-corrected chi connectivity index (χ0v) is 11.7. The highest BCUT2D eigenvalue weighted by Gasteiger charge is 2.18. The molecule has 8 heteroatoms. The maximum Gasteiger partial charge on any atom is 0.251 e. The molecule has 0 atom stereocenters. The van der Waals surface area contributed by atoms with Crippen LogP contribution >= 0.6 is 27.3 Å². The van der Waals surface area contributed by atoms with Crippen LogP contribution < -0.4 is 4.72 Å². The Hall–Kier alpha value is -0.830. The van der Waals surface area contributed by atoms with Gasteiger partial charge in [0, 0.05) is 10.7 Å². The van der Waals surface area contributed by atoms with Gasteiger partial charge in [0.1, 0.15) is 4.21 Å². The molecule has 0 bridgehead atoms. The first-order valence-corrected chi connectivity index (χ1v) is 7.74. The van der Waals surface area contributed by atoms with E-state index in [2.05, 4.69) is 30.8 Å². The van der Waals surface area contributed by atoms with Crippen molar-refractivity contribution in [2.45, 2.75) is 10.8 Å². The molecule has 2 rings (SSSR count). The van der Waals surface area contributed by atoms with Crippen LogP contribution in [0, 0.1) is 0 Å². The molecule has 0 saturated heterocycles. The minimum Gasteiger partial charge on any atom is -0.206 e. The molecule has 2 aromatic rings. The lowest BCUT2D eigenvalue weighted by Crippen LogP contribution is -2.23. The van der Waals surface area contributed by atoms with Crippen LogP contribution in [0.3, 0.4) is 0 Å². The predicted molar refractivity (Wildman–Crippen MR) is 68.1 cm³/mol. The molecular weight excluding hydrogens is 326 g/mol. The van der Waals surface area contributed by atoms with E-state index < -0.39 is 10.0 Å². The number of nitrogens with one attached hydrogen (secondary N) is 1. The van der Waals surface area contributed by atoms with E-state index >= 15 is 0 Å². The van der Waals surface area contributed by atoms with Crippen molar-refractivity contribution in [1.82, 2.24) is 14.9 Å². The Balaban J connectivity index is 2.12. The van der Waals surface area contributed by atoms with Crippen LogP contribution in [-0.4, -0.2) is 18.6 Å². The summed E-state index contributed by atoms with van der Waals surface area (Å²) in [4.78, 5) is 0. The molecule has 2 aromatic heterocycles. The van der Waals surface area contributed by atoms with E-state index in [9.17, 15) is 8.42 Å². The quantitative estimate of drug-likeness (QED) is 0.925. The molecule has 0 aliphatic rings. The van der Waals surface area contributed by atoms with E-state index in [1.165, 1.54) is 6.20 Å². The van der Waals surface area contributed by atoms with Gasteiger partial charge in [0.05, 0.1) is 12.2 Å². The zero-order valence-electron chi connectivity index (χ0n) is 8.50. The van der Waals surface area contributed by atoms with Crippen LogP contribution in [0.1, 0.15) is 5.69 Å². The molecule has 1 N–H and O–H groups in total. The van der Waals surface area contributed by atoms with Gasteiger partial charge in [-0.15, -0.1) is 11.3 Å². The molecule has 0 aliphatic carbocycles. The number of nitrogens with zero attached hydrogens (tertiary/aromatic N) is 2. The first-order chi connectivity index (χ1) is 8.09. The van der Waals surface area contributed by atoms with Gasteiger partial charge in [-0.2, -0.15) is 10.2 Å². The fourth-order valence-corrected chi connectivity index (χ4v) is 4.51. The number of aromatic nitrogens is 2. The largest absolute Gasteiger partial charge is 0.251 e. The van der Waals surface area contributed by atoms with Gasteiger partial charge in [-0.3, -0.25) is 0 Å². The summed E-state index contributed by atoms with van der Waals surface area (Å²) in [5.41, 5.74) is 0.573. The summed E-state index contributed by atoms with van der Waals surface area (Å²) in [6.45, 7) is 0.126. The van der Waals surface area contributed by atoms with Crippen molar-refractivity contribution < 1.29 is 8.42 Å². The Kier molecular flexibility index (Phi) is 3.87. The molecular formula is C9H8BrN3O2S2. The summed E-state index contributed by atoms with van der Waals surface area (Å²) in [7, 11) is -3.49. The number of hydrogen-bond donors (Lipinski definition) is 1. The van der Waals surface area contributed by atoms with Gasteiger partial charge in [-0.25, -0.2) is 13.1 Å². The van der Waals surface area contributed by atoms with E-state index in [0.29, 0.717) is 10.2 Å². The lowest BCUT2D eigenvalue weighted by molar-refractivity contribution is 0.581. The number of hydrogen-bond acceptors (Lipinski definition) is 5. The SMILES string of the molecule is O=S(=O)(NCc1cccnn1)c1sccc1Br. The average molecular weight is 334 g/mol. The molecule has 0 unspecified atom stereocenters. The van der Waals surface area contributed by atoms with E-state index in [-0.39, 0.29) is 10.8 Å². The lowest BCUT2D eigenvalue weighted by Gasteiger charge is -2.04. The number of halogens is 1. The van der Waals surface area contributed by atoms with Crippen LogP contribution in [0.2, 0.25) is 0 Å². The Morgan fingerprint density at radius 1 is 1.41 bits per heavy atom. The first kappa shape index (κ1) is 12.6. The molecule has 0 spiro atoms. The first-order valence-electron chi connectivity index (χ1n) is 4.59. The minimum absolute atomic E-state index is 0.126. The average Bonchev–Trinajstić information content (AvgIpc) is 2.75. The van der Waals surface area contributed by atoms with E-state index in [0.717, 1.165) is 11.3 Å². The summed E-state index contributed by atoms with van der Waals surface area (Å²) in [6.07, 6.45) is 1.54. The summed E-state index contributed by atoms with van der Waals surface area (Å²) in [5, 5.41) is 9.18. The minimum atomic E-state index is -3.49. The maximum atomic E-state index is 11.9. The Bertz CT molecular complexity index is 598. The van der Waals surface area contributed by atoms with Gasteiger partial charge in [0.15, 0.2) is 0 Å². The van der Waals surface area contributed by atoms with Crippen molar-refractivity contribution in [3.05, 3.63) is 39.9 Å². The third-order valence-electron chi connectivity index (χ3n) is 1.90. The van der Waals surface area contributed by atoms with Crippen LogP contribution in [0.25, 0.3) is 0 Å². The van der Waals surface area contributed by atoms with Gasteiger partial charge in [-0.1, -0.05) is 0 Å². The zero-order chi connectivity index (χ0) is 12.3. The molecule has 0 fully saturated rings. The lowest BCUT2D eigenvalue weighted by atomic mass is 10.4.